The molecule has 0 aromatic carbocycles. The van der Waals surface area contributed by atoms with E-state index in [1.54, 1.807) is 12.4 Å². The van der Waals surface area contributed by atoms with Crippen LogP contribution >= 0.6 is 0 Å². The normalized spacial score (nSPS) is 17.9. The maximum atomic E-state index is 12.7. The number of rotatable bonds is 3. The summed E-state index contributed by atoms with van der Waals surface area (Å²) in [7, 11) is 2.09. The van der Waals surface area contributed by atoms with Crippen LogP contribution in [0, 0.1) is 5.92 Å². The van der Waals surface area contributed by atoms with Crippen LogP contribution in [0.25, 0.3) is 17.3 Å². The zero-order chi connectivity index (χ0) is 16.5. The first-order valence-corrected chi connectivity index (χ1v) is 8.41. The molecule has 0 amide bonds. The topological polar surface area (TPSA) is 59.0 Å². The molecule has 5 heteroatoms. The number of nitrogens with zero attached hydrogens (tertiary/aromatic N) is 4. The number of carbonyl (C=O) groups is 1. The number of piperidine rings is 1. The molecule has 5 nitrogen and oxygen atoms in total. The lowest BCUT2D eigenvalue weighted by atomic mass is 9.91. The summed E-state index contributed by atoms with van der Waals surface area (Å²) in [5.41, 5.74) is 4.31. The maximum absolute atomic E-state index is 12.7. The molecular formula is C19H20N4O. The molecule has 1 aliphatic heterocycles. The fourth-order valence-corrected chi connectivity index (χ4v) is 3.37. The average molecular weight is 320 g/mol. The standard InChI is InChI=1S/C19H20N4O/c1-23-7-5-13(6-8-23)19(24)18-12-20-11-17(22-18)15-9-14-3-2-4-16(14)21-10-15/h2-3,9-13H,4-8H2,1H3. The van der Waals surface area contributed by atoms with Gasteiger partial charge >= 0.3 is 0 Å². The highest BCUT2D eigenvalue weighted by atomic mass is 16.1. The predicted molar refractivity (Wildman–Crippen MR) is 92.6 cm³/mol. The summed E-state index contributed by atoms with van der Waals surface area (Å²) in [6.07, 6.45) is 12.0. The van der Waals surface area contributed by atoms with Crippen molar-refractivity contribution in [2.45, 2.75) is 19.3 Å². The van der Waals surface area contributed by atoms with E-state index in [1.165, 1.54) is 0 Å². The molecule has 0 radical (unpaired) electrons. The SMILES string of the molecule is CN1CCC(C(=O)c2cncc(-c3cnc4c(c3)C=CC4)n2)CC1. The van der Waals surface area contributed by atoms with Gasteiger partial charge in [-0.1, -0.05) is 12.2 Å². The first kappa shape index (κ1) is 15.1. The first-order chi connectivity index (χ1) is 11.7. The Morgan fingerprint density at radius 2 is 2.04 bits per heavy atom. The fourth-order valence-electron chi connectivity index (χ4n) is 3.37. The third-order valence-electron chi connectivity index (χ3n) is 4.88. The summed E-state index contributed by atoms with van der Waals surface area (Å²) in [5, 5.41) is 0. The number of Topliss-reactive ketones (excluding diaryl/α,β-unsaturated/α-hetero) is 1. The van der Waals surface area contributed by atoms with E-state index in [2.05, 4.69) is 45.1 Å². The number of pyridine rings is 1. The van der Waals surface area contributed by atoms with E-state index in [4.69, 9.17) is 0 Å². The zero-order valence-electron chi connectivity index (χ0n) is 13.8. The van der Waals surface area contributed by atoms with Crippen molar-refractivity contribution < 1.29 is 4.79 Å². The van der Waals surface area contributed by atoms with Crippen LogP contribution in [0.4, 0.5) is 0 Å². The Morgan fingerprint density at radius 3 is 2.88 bits per heavy atom. The average Bonchev–Trinajstić information content (AvgIpc) is 3.09. The van der Waals surface area contributed by atoms with Gasteiger partial charge in [0.25, 0.3) is 0 Å². The van der Waals surface area contributed by atoms with Crippen molar-refractivity contribution in [2.75, 3.05) is 20.1 Å². The molecule has 4 rings (SSSR count). The van der Waals surface area contributed by atoms with Crippen LogP contribution in [-0.4, -0.2) is 45.8 Å². The lowest BCUT2D eigenvalue weighted by Crippen LogP contribution is -2.33. The molecule has 2 aliphatic rings. The van der Waals surface area contributed by atoms with Crippen molar-refractivity contribution in [3.63, 3.8) is 0 Å². The summed E-state index contributed by atoms with van der Waals surface area (Å²) >= 11 is 0. The number of carbonyl (C=O) groups excluding carboxylic acids is 1. The highest BCUT2D eigenvalue weighted by Gasteiger charge is 2.25. The number of hydrogen-bond acceptors (Lipinski definition) is 5. The van der Waals surface area contributed by atoms with Crippen LogP contribution in [0.2, 0.25) is 0 Å². The Balaban J connectivity index is 1.59. The number of fused-ring (bicyclic) bond motifs is 1. The molecule has 1 aliphatic carbocycles. The smallest absolute Gasteiger partial charge is 0.185 e. The second-order valence-corrected chi connectivity index (χ2v) is 6.60. The Kier molecular flexibility index (Phi) is 3.94. The molecule has 122 valence electrons. The molecule has 0 unspecified atom stereocenters. The lowest BCUT2D eigenvalue weighted by Gasteiger charge is -2.27. The van der Waals surface area contributed by atoms with Crippen LogP contribution in [0.3, 0.4) is 0 Å². The molecule has 3 heterocycles. The Labute approximate surface area is 141 Å². The van der Waals surface area contributed by atoms with E-state index in [1.807, 2.05) is 6.20 Å². The molecule has 0 spiro atoms. The van der Waals surface area contributed by atoms with Crippen LogP contribution in [0.1, 0.15) is 34.6 Å². The van der Waals surface area contributed by atoms with E-state index in [0.29, 0.717) is 11.4 Å². The fraction of sp³-hybridized carbons (Fsp3) is 0.368. The van der Waals surface area contributed by atoms with Crippen LogP contribution in [-0.2, 0) is 6.42 Å². The van der Waals surface area contributed by atoms with Gasteiger partial charge in [0, 0.05) is 24.1 Å². The van der Waals surface area contributed by atoms with Crippen molar-refractivity contribution in [1.82, 2.24) is 19.9 Å². The van der Waals surface area contributed by atoms with Crippen LogP contribution in [0.5, 0.6) is 0 Å². The van der Waals surface area contributed by atoms with Gasteiger partial charge in [0.1, 0.15) is 5.69 Å². The quantitative estimate of drug-likeness (QED) is 0.814. The molecule has 1 fully saturated rings. The van der Waals surface area contributed by atoms with Gasteiger partial charge in [-0.25, -0.2) is 4.98 Å². The number of aromatic nitrogens is 3. The van der Waals surface area contributed by atoms with Gasteiger partial charge in [-0.05, 0) is 44.6 Å². The molecule has 0 bridgehead atoms. The molecule has 2 aromatic rings. The van der Waals surface area contributed by atoms with Gasteiger partial charge in [-0.2, -0.15) is 0 Å². The van der Waals surface area contributed by atoms with Gasteiger partial charge in [-0.15, -0.1) is 0 Å². The number of likely N-dealkylation sites (tertiary alicyclic amines) is 1. The van der Waals surface area contributed by atoms with E-state index < -0.39 is 0 Å². The summed E-state index contributed by atoms with van der Waals surface area (Å²) in [6, 6.07) is 2.07. The summed E-state index contributed by atoms with van der Waals surface area (Å²) < 4.78 is 0. The summed E-state index contributed by atoms with van der Waals surface area (Å²) in [6.45, 7) is 1.93. The summed E-state index contributed by atoms with van der Waals surface area (Å²) in [5.74, 6) is 0.179. The van der Waals surface area contributed by atoms with Gasteiger partial charge in [0.05, 0.1) is 23.8 Å². The first-order valence-electron chi connectivity index (χ1n) is 8.41. The van der Waals surface area contributed by atoms with E-state index in [9.17, 15) is 4.79 Å². The third kappa shape index (κ3) is 2.87. The predicted octanol–water partition coefficient (Wildman–Crippen LogP) is 2.63. The zero-order valence-corrected chi connectivity index (χ0v) is 13.8. The summed E-state index contributed by atoms with van der Waals surface area (Å²) in [4.78, 5) is 28.3. The number of allylic oxidation sites excluding steroid dienone is 1. The Morgan fingerprint density at radius 1 is 1.21 bits per heavy atom. The molecule has 0 saturated carbocycles. The van der Waals surface area contributed by atoms with E-state index >= 15 is 0 Å². The van der Waals surface area contributed by atoms with Crippen LogP contribution in [0.15, 0.2) is 30.7 Å². The van der Waals surface area contributed by atoms with E-state index in [-0.39, 0.29) is 11.7 Å². The second-order valence-electron chi connectivity index (χ2n) is 6.60. The molecular weight excluding hydrogens is 300 g/mol. The molecule has 2 aromatic heterocycles. The maximum Gasteiger partial charge on any atom is 0.185 e. The van der Waals surface area contributed by atoms with Crippen LogP contribution < -0.4 is 0 Å². The molecule has 24 heavy (non-hydrogen) atoms. The molecule has 0 atom stereocenters. The monoisotopic (exact) mass is 320 g/mol. The van der Waals surface area contributed by atoms with Crippen molar-refractivity contribution in [3.05, 3.63) is 47.7 Å². The highest BCUT2D eigenvalue weighted by Crippen LogP contribution is 2.25. The number of hydrogen-bond donors (Lipinski definition) is 0. The largest absolute Gasteiger partial charge is 0.306 e. The molecule has 0 N–H and O–H groups in total. The van der Waals surface area contributed by atoms with Gasteiger partial charge in [-0.3, -0.25) is 14.8 Å². The molecule has 1 saturated heterocycles. The van der Waals surface area contributed by atoms with Crippen molar-refractivity contribution in [3.8, 4) is 11.3 Å². The highest BCUT2D eigenvalue weighted by molar-refractivity contribution is 5.96. The minimum atomic E-state index is 0.0619. The van der Waals surface area contributed by atoms with Crippen molar-refractivity contribution >= 4 is 11.9 Å². The minimum absolute atomic E-state index is 0.0619. The second kappa shape index (κ2) is 6.24. The minimum Gasteiger partial charge on any atom is -0.306 e. The lowest BCUT2D eigenvalue weighted by molar-refractivity contribution is 0.0851. The van der Waals surface area contributed by atoms with Gasteiger partial charge < -0.3 is 4.90 Å². The van der Waals surface area contributed by atoms with Gasteiger partial charge in [0.15, 0.2) is 5.78 Å². The van der Waals surface area contributed by atoms with Crippen molar-refractivity contribution in [2.24, 2.45) is 5.92 Å². The third-order valence-corrected chi connectivity index (χ3v) is 4.88. The Bertz CT molecular complexity index is 807. The number of ketones is 1. The Hall–Kier alpha value is -2.40. The van der Waals surface area contributed by atoms with Crippen molar-refractivity contribution in [1.29, 1.82) is 0 Å². The van der Waals surface area contributed by atoms with Gasteiger partial charge in [0.2, 0.25) is 0 Å². The van der Waals surface area contributed by atoms with E-state index in [0.717, 1.165) is 49.2 Å².